The van der Waals surface area contributed by atoms with Crippen molar-refractivity contribution in [3.05, 3.63) is 35.4 Å². The summed E-state index contributed by atoms with van der Waals surface area (Å²) in [6, 6.07) is 4.86. The first-order chi connectivity index (χ1) is 7.93. The molecule has 0 aliphatic rings. The Balaban J connectivity index is 2.66. The van der Waals surface area contributed by atoms with Crippen LogP contribution in [0.3, 0.4) is 0 Å². The number of nitrogens with zero attached hydrogens (tertiary/aromatic N) is 1. The molecule has 1 aromatic carbocycles. The van der Waals surface area contributed by atoms with Crippen molar-refractivity contribution in [2.75, 3.05) is 6.54 Å². The summed E-state index contributed by atoms with van der Waals surface area (Å²) in [5.41, 5.74) is 5.51. The van der Waals surface area contributed by atoms with Crippen LogP contribution in [0.25, 0.3) is 0 Å². The maximum atomic E-state index is 12.3. The van der Waals surface area contributed by atoms with E-state index in [0.29, 0.717) is 12.1 Å². The molecule has 0 amide bonds. The van der Waals surface area contributed by atoms with Gasteiger partial charge in [0.1, 0.15) is 0 Å². The van der Waals surface area contributed by atoms with Crippen molar-refractivity contribution >= 4 is 5.96 Å². The topological polar surface area (TPSA) is 50.4 Å². The Morgan fingerprint density at radius 3 is 2.35 bits per heavy atom. The standard InChI is InChI=1S/C11H14F3N3/c1-2-16-10(15)17-7-8-3-5-9(6-4-8)11(12,13)14/h3-6H,2,7H2,1H3,(H3,15,16,17). The number of guanidine groups is 1. The molecule has 6 heteroatoms. The Bertz CT molecular complexity index is 382. The van der Waals surface area contributed by atoms with E-state index >= 15 is 0 Å². The first-order valence-electron chi connectivity index (χ1n) is 5.13. The molecule has 1 aromatic rings. The average molecular weight is 245 g/mol. The quantitative estimate of drug-likeness (QED) is 0.633. The summed E-state index contributed by atoms with van der Waals surface area (Å²) < 4.78 is 36.8. The third kappa shape index (κ3) is 4.34. The second kappa shape index (κ2) is 5.56. The molecule has 0 fully saturated rings. The normalized spacial score (nSPS) is 12.6. The van der Waals surface area contributed by atoms with E-state index in [4.69, 9.17) is 5.73 Å². The smallest absolute Gasteiger partial charge is 0.370 e. The zero-order valence-electron chi connectivity index (χ0n) is 9.38. The van der Waals surface area contributed by atoms with Gasteiger partial charge in [-0.05, 0) is 24.6 Å². The molecular weight excluding hydrogens is 231 g/mol. The molecule has 0 saturated heterocycles. The summed E-state index contributed by atoms with van der Waals surface area (Å²) in [6.45, 7) is 2.79. The van der Waals surface area contributed by atoms with Crippen LogP contribution in [-0.2, 0) is 12.7 Å². The molecule has 0 spiro atoms. The van der Waals surface area contributed by atoms with Crippen LogP contribution < -0.4 is 11.1 Å². The van der Waals surface area contributed by atoms with Crippen molar-refractivity contribution < 1.29 is 13.2 Å². The second-order valence-electron chi connectivity index (χ2n) is 3.43. The summed E-state index contributed by atoms with van der Waals surface area (Å²) in [5, 5.41) is 2.80. The zero-order chi connectivity index (χ0) is 12.9. The number of nitrogens with one attached hydrogen (secondary N) is 1. The lowest BCUT2D eigenvalue weighted by Crippen LogP contribution is -2.31. The molecule has 1 rings (SSSR count). The number of hydrogen-bond acceptors (Lipinski definition) is 1. The van der Waals surface area contributed by atoms with Gasteiger partial charge in [-0.15, -0.1) is 0 Å². The lowest BCUT2D eigenvalue weighted by atomic mass is 10.1. The molecule has 94 valence electrons. The summed E-state index contributed by atoms with van der Waals surface area (Å²) in [5.74, 6) is 0.285. The van der Waals surface area contributed by atoms with Crippen LogP contribution in [0, 0.1) is 0 Å². The number of nitrogens with two attached hydrogens (primary N) is 1. The molecule has 0 unspecified atom stereocenters. The Hall–Kier alpha value is -1.72. The van der Waals surface area contributed by atoms with Crippen LogP contribution in [0.15, 0.2) is 29.3 Å². The third-order valence-electron chi connectivity index (χ3n) is 2.07. The van der Waals surface area contributed by atoms with Gasteiger partial charge in [0.05, 0.1) is 12.1 Å². The molecule has 3 nitrogen and oxygen atoms in total. The molecule has 0 saturated carbocycles. The Morgan fingerprint density at radius 2 is 1.88 bits per heavy atom. The van der Waals surface area contributed by atoms with Gasteiger partial charge in [0.25, 0.3) is 0 Å². The van der Waals surface area contributed by atoms with Crippen LogP contribution >= 0.6 is 0 Å². The van der Waals surface area contributed by atoms with Crippen LogP contribution in [0.2, 0.25) is 0 Å². The molecular formula is C11H14F3N3. The van der Waals surface area contributed by atoms with Crippen molar-refractivity contribution in [1.29, 1.82) is 0 Å². The van der Waals surface area contributed by atoms with E-state index < -0.39 is 11.7 Å². The van der Waals surface area contributed by atoms with Crippen molar-refractivity contribution in [2.45, 2.75) is 19.6 Å². The lowest BCUT2D eigenvalue weighted by Gasteiger charge is -2.07. The predicted octanol–water partition coefficient (Wildman–Crippen LogP) is 2.13. The number of rotatable bonds is 3. The fourth-order valence-corrected chi connectivity index (χ4v) is 1.21. The first-order valence-corrected chi connectivity index (χ1v) is 5.13. The minimum atomic E-state index is -4.30. The molecule has 3 N–H and O–H groups in total. The SMILES string of the molecule is CCNC(N)=NCc1ccc(C(F)(F)F)cc1. The van der Waals surface area contributed by atoms with Crippen LogP contribution in [0.1, 0.15) is 18.1 Å². The summed E-state index contributed by atoms with van der Waals surface area (Å²) >= 11 is 0. The number of hydrogen-bond donors (Lipinski definition) is 2. The number of halogens is 3. The lowest BCUT2D eigenvalue weighted by molar-refractivity contribution is -0.137. The van der Waals surface area contributed by atoms with Gasteiger partial charge in [0.15, 0.2) is 5.96 Å². The monoisotopic (exact) mass is 245 g/mol. The second-order valence-corrected chi connectivity index (χ2v) is 3.43. The van der Waals surface area contributed by atoms with Gasteiger partial charge in [-0.25, -0.2) is 4.99 Å². The Morgan fingerprint density at radius 1 is 1.29 bits per heavy atom. The highest BCUT2D eigenvalue weighted by Crippen LogP contribution is 2.29. The zero-order valence-corrected chi connectivity index (χ0v) is 9.38. The maximum Gasteiger partial charge on any atom is 0.416 e. The molecule has 17 heavy (non-hydrogen) atoms. The highest BCUT2D eigenvalue weighted by atomic mass is 19.4. The Labute approximate surface area is 97.5 Å². The molecule has 0 radical (unpaired) electrons. The van der Waals surface area contributed by atoms with Gasteiger partial charge in [-0.2, -0.15) is 13.2 Å². The van der Waals surface area contributed by atoms with Gasteiger partial charge in [0.2, 0.25) is 0 Å². The molecule has 0 aliphatic heterocycles. The number of alkyl halides is 3. The minimum Gasteiger partial charge on any atom is -0.370 e. The summed E-state index contributed by atoms with van der Waals surface area (Å²) in [4.78, 5) is 3.98. The molecule has 0 bridgehead atoms. The van der Waals surface area contributed by atoms with E-state index in [9.17, 15) is 13.2 Å². The van der Waals surface area contributed by atoms with Crippen LogP contribution in [0.4, 0.5) is 13.2 Å². The van der Waals surface area contributed by atoms with E-state index in [1.54, 1.807) is 0 Å². The molecule has 0 atom stereocenters. The number of benzene rings is 1. The van der Waals surface area contributed by atoms with E-state index in [2.05, 4.69) is 10.3 Å². The highest BCUT2D eigenvalue weighted by molar-refractivity contribution is 5.77. The molecule has 0 aromatic heterocycles. The predicted molar refractivity (Wildman–Crippen MR) is 60.4 cm³/mol. The van der Waals surface area contributed by atoms with Crippen LogP contribution in [0.5, 0.6) is 0 Å². The largest absolute Gasteiger partial charge is 0.416 e. The summed E-state index contributed by atoms with van der Waals surface area (Å²) in [7, 11) is 0. The molecule has 0 aliphatic carbocycles. The van der Waals surface area contributed by atoms with E-state index in [-0.39, 0.29) is 12.5 Å². The fourth-order valence-electron chi connectivity index (χ4n) is 1.21. The van der Waals surface area contributed by atoms with E-state index in [0.717, 1.165) is 12.1 Å². The van der Waals surface area contributed by atoms with Crippen molar-refractivity contribution in [3.8, 4) is 0 Å². The first kappa shape index (κ1) is 13.3. The van der Waals surface area contributed by atoms with Crippen molar-refractivity contribution in [1.82, 2.24) is 5.32 Å². The van der Waals surface area contributed by atoms with Gasteiger partial charge in [-0.3, -0.25) is 0 Å². The van der Waals surface area contributed by atoms with Gasteiger partial charge < -0.3 is 11.1 Å². The van der Waals surface area contributed by atoms with Crippen LogP contribution in [-0.4, -0.2) is 12.5 Å². The van der Waals surface area contributed by atoms with Gasteiger partial charge in [0, 0.05) is 6.54 Å². The fraction of sp³-hybridized carbons (Fsp3) is 0.364. The van der Waals surface area contributed by atoms with Gasteiger partial charge >= 0.3 is 6.18 Å². The van der Waals surface area contributed by atoms with Gasteiger partial charge in [-0.1, -0.05) is 12.1 Å². The minimum absolute atomic E-state index is 0.261. The maximum absolute atomic E-state index is 12.3. The molecule has 0 heterocycles. The Kier molecular flexibility index (Phi) is 4.37. The number of aliphatic imine (C=N–C) groups is 1. The third-order valence-corrected chi connectivity index (χ3v) is 2.07. The average Bonchev–Trinajstić information content (AvgIpc) is 2.26. The van der Waals surface area contributed by atoms with E-state index in [1.807, 2.05) is 6.92 Å². The highest BCUT2D eigenvalue weighted by Gasteiger charge is 2.29. The van der Waals surface area contributed by atoms with Crippen molar-refractivity contribution in [2.24, 2.45) is 10.7 Å². The van der Waals surface area contributed by atoms with Crippen molar-refractivity contribution in [3.63, 3.8) is 0 Å². The van der Waals surface area contributed by atoms with E-state index in [1.165, 1.54) is 12.1 Å². The summed E-state index contributed by atoms with van der Waals surface area (Å²) in [6.07, 6.45) is -4.30.